The van der Waals surface area contributed by atoms with Crippen LogP contribution >= 0.6 is 24.8 Å². The number of benzene rings is 1. The van der Waals surface area contributed by atoms with E-state index in [0.717, 1.165) is 17.5 Å². The van der Waals surface area contributed by atoms with Gasteiger partial charge in [0.05, 0.1) is 17.4 Å². The Bertz CT molecular complexity index is 601. The number of nitrogens with zero attached hydrogens (tertiary/aromatic N) is 2. The first-order valence-electron chi connectivity index (χ1n) is 7.49. The number of halogens is 2. The van der Waals surface area contributed by atoms with E-state index in [9.17, 15) is 4.79 Å². The van der Waals surface area contributed by atoms with Crippen LogP contribution in [0.3, 0.4) is 0 Å². The predicted molar refractivity (Wildman–Crippen MR) is 99.3 cm³/mol. The molecule has 130 valence electrons. The standard InChI is InChI=1S/C16H24N4O.2ClH/c1-12(2)9-13(10-17)19-16(21)7-8-20-11-18-14-5-3-4-6-15(14)20;;/h3-6,11-13H,7-10,17H2,1-2H3,(H,19,21);2*1H. The Labute approximate surface area is 149 Å². The second-order valence-corrected chi connectivity index (χ2v) is 5.81. The van der Waals surface area contributed by atoms with Gasteiger partial charge in [-0.15, -0.1) is 24.8 Å². The minimum Gasteiger partial charge on any atom is -0.352 e. The summed E-state index contributed by atoms with van der Waals surface area (Å²) in [4.78, 5) is 16.3. The molecule has 0 radical (unpaired) electrons. The van der Waals surface area contributed by atoms with E-state index in [0.29, 0.717) is 25.4 Å². The van der Waals surface area contributed by atoms with Gasteiger partial charge in [-0.1, -0.05) is 26.0 Å². The molecule has 0 aliphatic carbocycles. The molecule has 0 aliphatic heterocycles. The number of rotatable bonds is 7. The van der Waals surface area contributed by atoms with Crippen molar-refractivity contribution in [2.24, 2.45) is 11.7 Å². The normalized spacial score (nSPS) is 11.7. The Balaban J connectivity index is 0.00000242. The minimum atomic E-state index is 0. The molecule has 2 rings (SSSR count). The summed E-state index contributed by atoms with van der Waals surface area (Å²) < 4.78 is 2.01. The number of aromatic nitrogens is 2. The summed E-state index contributed by atoms with van der Waals surface area (Å²) in [5.41, 5.74) is 7.72. The molecule has 0 saturated carbocycles. The van der Waals surface area contributed by atoms with Crippen molar-refractivity contribution >= 4 is 41.8 Å². The van der Waals surface area contributed by atoms with Crippen LogP contribution in [0.2, 0.25) is 0 Å². The Morgan fingerprint density at radius 2 is 2.00 bits per heavy atom. The summed E-state index contributed by atoms with van der Waals surface area (Å²) in [6, 6.07) is 8.00. The molecule has 5 nitrogen and oxygen atoms in total. The van der Waals surface area contributed by atoms with Crippen molar-refractivity contribution in [3.63, 3.8) is 0 Å². The van der Waals surface area contributed by atoms with Gasteiger partial charge in [0.15, 0.2) is 0 Å². The van der Waals surface area contributed by atoms with Crippen LogP contribution < -0.4 is 11.1 Å². The summed E-state index contributed by atoms with van der Waals surface area (Å²) in [7, 11) is 0. The van der Waals surface area contributed by atoms with Crippen LogP contribution in [-0.4, -0.2) is 28.0 Å². The Morgan fingerprint density at radius 1 is 1.30 bits per heavy atom. The smallest absolute Gasteiger partial charge is 0.222 e. The van der Waals surface area contributed by atoms with Gasteiger partial charge in [-0.05, 0) is 24.5 Å². The fraction of sp³-hybridized carbons (Fsp3) is 0.500. The lowest BCUT2D eigenvalue weighted by Crippen LogP contribution is -2.41. The van der Waals surface area contributed by atoms with E-state index < -0.39 is 0 Å². The second kappa shape index (κ2) is 10.5. The molecule has 3 N–H and O–H groups in total. The van der Waals surface area contributed by atoms with Gasteiger partial charge >= 0.3 is 0 Å². The lowest BCUT2D eigenvalue weighted by Gasteiger charge is -2.18. The van der Waals surface area contributed by atoms with Gasteiger partial charge in [-0.3, -0.25) is 4.79 Å². The maximum atomic E-state index is 12.0. The van der Waals surface area contributed by atoms with Crippen LogP contribution in [0.25, 0.3) is 11.0 Å². The van der Waals surface area contributed by atoms with Crippen LogP contribution in [-0.2, 0) is 11.3 Å². The van der Waals surface area contributed by atoms with E-state index in [1.807, 2.05) is 28.8 Å². The number of para-hydroxylation sites is 2. The lowest BCUT2D eigenvalue weighted by atomic mass is 10.0. The average Bonchev–Trinajstić information content (AvgIpc) is 2.87. The number of amides is 1. The number of carbonyl (C=O) groups is 1. The van der Waals surface area contributed by atoms with E-state index in [-0.39, 0.29) is 36.8 Å². The van der Waals surface area contributed by atoms with Crippen molar-refractivity contribution in [3.05, 3.63) is 30.6 Å². The summed E-state index contributed by atoms with van der Waals surface area (Å²) in [6.07, 6.45) is 3.14. The van der Waals surface area contributed by atoms with Gasteiger partial charge in [-0.25, -0.2) is 4.98 Å². The molecule has 0 spiro atoms. The molecule has 0 aliphatic rings. The Kier molecular flexibility index (Phi) is 9.88. The molecule has 1 heterocycles. The molecular weight excluding hydrogens is 335 g/mol. The minimum absolute atomic E-state index is 0. The second-order valence-electron chi connectivity index (χ2n) is 5.81. The highest BCUT2D eigenvalue weighted by Gasteiger charge is 2.12. The number of nitrogens with one attached hydrogen (secondary N) is 1. The predicted octanol–water partition coefficient (Wildman–Crippen LogP) is 2.76. The van der Waals surface area contributed by atoms with Crippen molar-refractivity contribution in [2.45, 2.75) is 39.3 Å². The highest BCUT2D eigenvalue weighted by Crippen LogP contribution is 2.12. The van der Waals surface area contributed by atoms with Crippen molar-refractivity contribution in [1.82, 2.24) is 14.9 Å². The molecule has 0 saturated heterocycles. The van der Waals surface area contributed by atoms with Gasteiger partial charge in [-0.2, -0.15) is 0 Å². The zero-order valence-corrected chi connectivity index (χ0v) is 15.2. The van der Waals surface area contributed by atoms with E-state index in [1.165, 1.54) is 0 Å². The number of imidazole rings is 1. The third-order valence-electron chi connectivity index (χ3n) is 3.51. The zero-order valence-electron chi connectivity index (χ0n) is 13.6. The molecule has 0 bridgehead atoms. The summed E-state index contributed by atoms with van der Waals surface area (Å²) >= 11 is 0. The van der Waals surface area contributed by atoms with Crippen molar-refractivity contribution in [1.29, 1.82) is 0 Å². The van der Waals surface area contributed by atoms with Gasteiger partial charge in [0.25, 0.3) is 0 Å². The fourth-order valence-corrected chi connectivity index (χ4v) is 2.49. The first kappa shape index (κ1) is 21.7. The number of fused-ring (bicyclic) bond motifs is 1. The molecule has 1 aromatic heterocycles. The molecule has 1 unspecified atom stereocenters. The summed E-state index contributed by atoms with van der Waals surface area (Å²) in [6.45, 7) is 5.38. The van der Waals surface area contributed by atoms with Gasteiger partial charge in [0, 0.05) is 25.6 Å². The summed E-state index contributed by atoms with van der Waals surface area (Å²) in [5, 5.41) is 3.01. The number of hydrogen-bond acceptors (Lipinski definition) is 3. The molecular formula is C16H26Cl2N4O. The molecule has 7 heteroatoms. The van der Waals surface area contributed by atoms with Crippen molar-refractivity contribution in [2.75, 3.05) is 6.54 Å². The number of carbonyl (C=O) groups excluding carboxylic acids is 1. The zero-order chi connectivity index (χ0) is 15.2. The van der Waals surface area contributed by atoms with E-state index in [1.54, 1.807) is 6.33 Å². The highest BCUT2D eigenvalue weighted by molar-refractivity contribution is 5.85. The molecule has 1 atom stereocenters. The number of nitrogens with two attached hydrogens (primary N) is 1. The molecule has 2 aromatic rings. The third-order valence-corrected chi connectivity index (χ3v) is 3.51. The van der Waals surface area contributed by atoms with Crippen molar-refractivity contribution < 1.29 is 4.79 Å². The molecule has 23 heavy (non-hydrogen) atoms. The Morgan fingerprint density at radius 3 is 2.65 bits per heavy atom. The maximum absolute atomic E-state index is 12.0. The van der Waals surface area contributed by atoms with Crippen LogP contribution in [0.5, 0.6) is 0 Å². The largest absolute Gasteiger partial charge is 0.352 e. The highest BCUT2D eigenvalue weighted by atomic mass is 35.5. The van der Waals surface area contributed by atoms with E-state index >= 15 is 0 Å². The lowest BCUT2D eigenvalue weighted by molar-refractivity contribution is -0.122. The maximum Gasteiger partial charge on any atom is 0.222 e. The van der Waals surface area contributed by atoms with Gasteiger partial charge in [0.2, 0.25) is 5.91 Å². The fourth-order valence-electron chi connectivity index (χ4n) is 2.49. The van der Waals surface area contributed by atoms with Gasteiger partial charge in [0.1, 0.15) is 0 Å². The molecule has 0 fully saturated rings. The van der Waals surface area contributed by atoms with Crippen LogP contribution in [0.1, 0.15) is 26.7 Å². The average molecular weight is 361 g/mol. The van der Waals surface area contributed by atoms with E-state index in [2.05, 4.69) is 24.1 Å². The van der Waals surface area contributed by atoms with Crippen LogP contribution in [0, 0.1) is 5.92 Å². The molecule has 1 aromatic carbocycles. The first-order chi connectivity index (χ1) is 10.1. The first-order valence-corrected chi connectivity index (χ1v) is 7.49. The Hall–Kier alpha value is -1.30. The monoisotopic (exact) mass is 360 g/mol. The quantitative estimate of drug-likeness (QED) is 0.797. The van der Waals surface area contributed by atoms with E-state index in [4.69, 9.17) is 5.73 Å². The SMILES string of the molecule is CC(C)CC(CN)NC(=O)CCn1cnc2ccccc21.Cl.Cl. The molecule has 1 amide bonds. The van der Waals surface area contributed by atoms with Gasteiger partial charge < -0.3 is 15.6 Å². The third kappa shape index (κ3) is 6.37. The van der Waals surface area contributed by atoms with Crippen LogP contribution in [0.15, 0.2) is 30.6 Å². The van der Waals surface area contributed by atoms with Crippen molar-refractivity contribution in [3.8, 4) is 0 Å². The topological polar surface area (TPSA) is 72.9 Å². The number of aryl methyl sites for hydroxylation is 1. The van der Waals surface area contributed by atoms with Crippen LogP contribution in [0.4, 0.5) is 0 Å². The summed E-state index contributed by atoms with van der Waals surface area (Å²) in [5.74, 6) is 0.570. The number of hydrogen-bond donors (Lipinski definition) is 2.